The van der Waals surface area contributed by atoms with E-state index < -0.39 is 0 Å². The molecule has 0 radical (unpaired) electrons. The van der Waals surface area contributed by atoms with E-state index in [-0.39, 0.29) is 12.4 Å². The molecule has 0 heterocycles. The Hall–Kier alpha value is 1.02. The van der Waals surface area contributed by atoms with Gasteiger partial charge in [0.25, 0.3) is 0 Å². The molecule has 0 N–H and O–H groups in total. The Morgan fingerprint density at radius 3 is 1.78 bits per heavy atom. The maximum Gasteiger partial charge on any atom is -1.00 e. The van der Waals surface area contributed by atoms with Crippen LogP contribution in [0, 0.1) is 0 Å². The largest absolute Gasteiger partial charge is 1.00 e. The second-order valence-electron chi connectivity index (χ2n) is 1.88. The van der Waals surface area contributed by atoms with Crippen LogP contribution in [0.5, 0.6) is 0 Å². The van der Waals surface area contributed by atoms with Crippen LogP contribution in [0.25, 0.3) is 0 Å². The summed E-state index contributed by atoms with van der Waals surface area (Å²) in [7, 11) is 0. The standard InChI is InChI=1S/C6H14N.ClH.Mg/c1-4-7(5-2)6-3;;/h1,4-6H2,2-3H3;1H;/q;;+1/p-1. The molecule has 0 aromatic heterocycles. The Morgan fingerprint density at radius 1 is 1.22 bits per heavy atom. The van der Waals surface area contributed by atoms with E-state index in [1.54, 1.807) is 0 Å². The Bertz CT molecular complexity index is 48.3. The first kappa shape index (κ1) is 12.7. The zero-order valence-corrected chi connectivity index (χ0v) is 8.53. The van der Waals surface area contributed by atoms with Gasteiger partial charge in [0.2, 0.25) is 0 Å². The van der Waals surface area contributed by atoms with Gasteiger partial charge in [-0.3, -0.25) is 0 Å². The molecule has 0 spiro atoms. The molecular formula is C6H14ClMgN. The topological polar surface area (TPSA) is 3.24 Å². The molecule has 0 aliphatic rings. The monoisotopic (exact) mass is 159 g/mol. The summed E-state index contributed by atoms with van der Waals surface area (Å²) in [5.74, 6) is 0. The molecule has 0 aliphatic heterocycles. The van der Waals surface area contributed by atoms with Crippen molar-refractivity contribution < 1.29 is 12.4 Å². The Labute approximate surface area is 77.0 Å². The summed E-state index contributed by atoms with van der Waals surface area (Å²) in [6, 6.07) is 0. The normalized spacial score (nSPS) is 9.44. The molecule has 0 saturated heterocycles. The number of hydrogen-bond acceptors (Lipinski definition) is 1. The van der Waals surface area contributed by atoms with Crippen molar-refractivity contribution in [3.8, 4) is 0 Å². The van der Waals surface area contributed by atoms with Crippen molar-refractivity contribution in [3.63, 3.8) is 0 Å². The van der Waals surface area contributed by atoms with Crippen molar-refractivity contribution in [2.75, 3.05) is 19.6 Å². The van der Waals surface area contributed by atoms with Crippen LogP contribution in [-0.4, -0.2) is 46.2 Å². The molecule has 0 amide bonds. The average Bonchev–Trinajstić information content (AvgIpc) is 1.83. The van der Waals surface area contributed by atoms with Crippen LogP contribution in [0.3, 0.4) is 0 Å². The molecule has 0 atom stereocenters. The minimum Gasteiger partial charge on any atom is -1.00 e. The fourth-order valence-corrected chi connectivity index (χ4v) is 1.21. The van der Waals surface area contributed by atoms with E-state index in [4.69, 9.17) is 0 Å². The van der Waals surface area contributed by atoms with Gasteiger partial charge in [0.15, 0.2) is 0 Å². The Morgan fingerprint density at radius 2 is 1.67 bits per heavy atom. The molecule has 9 heavy (non-hydrogen) atoms. The van der Waals surface area contributed by atoms with Crippen LogP contribution in [-0.2, 0) is 0 Å². The summed E-state index contributed by atoms with van der Waals surface area (Å²) >= 11 is 2.05. The summed E-state index contributed by atoms with van der Waals surface area (Å²) < 4.78 is 1.31. The third-order valence-electron chi connectivity index (χ3n) is 1.37. The van der Waals surface area contributed by atoms with Gasteiger partial charge in [-0.1, -0.05) is 0 Å². The van der Waals surface area contributed by atoms with E-state index in [1.165, 1.54) is 24.2 Å². The van der Waals surface area contributed by atoms with Gasteiger partial charge < -0.3 is 12.4 Å². The van der Waals surface area contributed by atoms with Crippen molar-refractivity contribution in [2.24, 2.45) is 0 Å². The second-order valence-corrected chi connectivity index (χ2v) is 2.59. The zero-order valence-electron chi connectivity index (χ0n) is 6.36. The Kier molecular flexibility index (Phi) is 12.7. The van der Waals surface area contributed by atoms with Crippen LogP contribution >= 0.6 is 0 Å². The Balaban J connectivity index is 0. The molecule has 3 heteroatoms. The maximum atomic E-state index is 2.44. The first-order valence-electron chi connectivity index (χ1n) is 3.36. The molecule has 0 unspecified atom stereocenters. The van der Waals surface area contributed by atoms with Crippen LogP contribution in [0.2, 0.25) is 4.55 Å². The first-order valence-corrected chi connectivity index (χ1v) is 4.36. The van der Waals surface area contributed by atoms with E-state index in [0.717, 1.165) is 0 Å². The van der Waals surface area contributed by atoms with Crippen molar-refractivity contribution in [1.29, 1.82) is 0 Å². The smallest absolute Gasteiger partial charge is 1.00 e. The minimum absolute atomic E-state index is 0. The first-order chi connectivity index (χ1) is 3.85. The second kappa shape index (κ2) is 9.02. The van der Waals surface area contributed by atoms with E-state index in [2.05, 4.69) is 18.7 Å². The minimum atomic E-state index is 0. The summed E-state index contributed by atoms with van der Waals surface area (Å²) in [6.45, 7) is 8.10. The third kappa shape index (κ3) is 6.91. The number of hydrogen-bond donors (Lipinski definition) is 0. The summed E-state index contributed by atoms with van der Waals surface area (Å²) in [5, 5.41) is 0. The SMILES string of the molecule is CCN(CC)C[CH2][Mg+].[Cl-]. The van der Waals surface area contributed by atoms with Gasteiger partial charge in [-0.05, 0) is 0 Å². The van der Waals surface area contributed by atoms with Crippen LogP contribution < -0.4 is 12.4 Å². The molecule has 0 aromatic carbocycles. The molecule has 0 saturated carbocycles. The van der Waals surface area contributed by atoms with Crippen molar-refractivity contribution in [3.05, 3.63) is 0 Å². The van der Waals surface area contributed by atoms with Gasteiger partial charge in [0.05, 0.1) is 0 Å². The summed E-state index contributed by atoms with van der Waals surface area (Å²) in [4.78, 5) is 2.44. The molecule has 0 aromatic rings. The molecule has 0 fully saturated rings. The van der Waals surface area contributed by atoms with E-state index in [0.29, 0.717) is 0 Å². The predicted octanol–water partition coefficient (Wildman–Crippen LogP) is -2.08. The fraction of sp³-hybridized carbons (Fsp3) is 1.00. The third-order valence-corrected chi connectivity index (χ3v) is 1.68. The van der Waals surface area contributed by atoms with Crippen LogP contribution in [0.1, 0.15) is 13.8 Å². The summed E-state index contributed by atoms with van der Waals surface area (Å²) in [5.41, 5.74) is 0. The number of nitrogens with zero attached hydrogens (tertiary/aromatic N) is 1. The van der Waals surface area contributed by atoms with Gasteiger partial charge in [-0.15, -0.1) is 0 Å². The van der Waals surface area contributed by atoms with E-state index in [1.807, 2.05) is 21.7 Å². The van der Waals surface area contributed by atoms with Gasteiger partial charge in [0, 0.05) is 0 Å². The number of rotatable bonds is 4. The van der Waals surface area contributed by atoms with Crippen molar-refractivity contribution in [2.45, 2.75) is 18.4 Å². The van der Waals surface area contributed by atoms with E-state index in [9.17, 15) is 0 Å². The van der Waals surface area contributed by atoms with Crippen molar-refractivity contribution >= 4 is 21.7 Å². The zero-order chi connectivity index (χ0) is 6.41. The number of halogens is 1. The van der Waals surface area contributed by atoms with Crippen molar-refractivity contribution in [1.82, 2.24) is 4.90 Å². The molecule has 0 rings (SSSR count). The predicted molar refractivity (Wildman–Crippen MR) is 38.3 cm³/mol. The van der Waals surface area contributed by atoms with Gasteiger partial charge >= 0.3 is 64.6 Å². The van der Waals surface area contributed by atoms with Gasteiger partial charge in [-0.25, -0.2) is 0 Å². The quantitative estimate of drug-likeness (QED) is 0.426. The fourth-order valence-electron chi connectivity index (χ4n) is 0.763. The van der Waals surface area contributed by atoms with Crippen LogP contribution in [0.4, 0.5) is 0 Å². The molecular weight excluding hydrogens is 146 g/mol. The molecule has 52 valence electrons. The molecule has 1 nitrogen and oxygen atoms in total. The van der Waals surface area contributed by atoms with E-state index >= 15 is 0 Å². The van der Waals surface area contributed by atoms with Crippen LogP contribution in [0.15, 0.2) is 0 Å². The van der Waals surface area contributed by atoms with Gasteiger partial charge in [-0.2, -0.15) is 0 Å². The molecule has 0 bridgehead atoms. The average molecular weight is 160 g/mol. The molecule has 0 aliphatic carbocycles. The maximum absolute atomic E-state index is 2.44. The summed E-state index contributed by atoms with van der Waals surface area (Å²) in [6.07, 6.45) is 0. The van der Waals surface area contributed by atoms with Gasteiger partial charge in [0.1, 0.15) is 0 Å².